The maximum atomic E-state index is 13.5. The van der Waals surface area contributed by atoms with Crippen molar-refractivity contribution in [2.24, 2.45) is 5.92 Å². The number of rotatable bonds is 10. The van der Waals surface area contributed by atoms with E-state index in [0.29, 0.717) is 11.5 Å². The minimum absolute atomic E-state index is 0.526. The summed E-state index contributed by atoms with van der Waals surface area (Å²) in [6, 6.07) is 0. The van der Waals surface area contributed by atoms with Gasteiger partial charge in [0.2, 0.25) is 0 Å². The molecule has 0 radical (unpaired) electrons. The molecule has 0 amide bonds. The van der Waals surface area contributed by atoms with Crippen molar-refractivity contribution < 1.29 is 4.39 Å². The second-order valence-electron chi connectivity index (χ2n) is 7.48. The highest BCUT2D eigenvalue weighted by Gasteiger charge is 2.12. The number of halogens is 1. The van der Waals surface area contributed by atoms with Crippen LogP contribution in [0.25, 0.3) is 0 Å². The lowest BCUT2D eigenvalue weighted by molar-refractivity contribution is 0.417. The second kappa shape index (κ2) is 12.7. The Morgan fingerprint density at radius 1 is 1.00 bits per heavy atom. The number of allylic oxidation sites excluding steroid dienone is 11. The Morgan fingerprint density at radius 2 is 1.62 bits per heavy atom. The fraction of sp³-hybridized carbons (Fsp3) is 0.520. The Bertz CT molecular complexity index is 602. The average molecular weight is 359 g/mol. The minimum atomic E-state index is -0.953. The molecule has 0 aromatic rings. The third-order valence-electron chi connectivity index (χ3n) is 4.93. The lowest BCUT2D eigenvalue weighted by Gasteiger charge is -2.19. The molecule has 0 spiro atoms. The molecule has 0 saturated heterocycles. The van der Waals surface area contributed by atoms with Gasteiger partial charge in [0.1, 0.15) is 6.17 Å². The van der Waals surface area contributed by atoms with Gasteiger partial charge in [0.05, 0.1) is 0 Å². The fourth-order valence-corrected chi connectivity index (χ4v) is 2.76. The van der Waals surface area contributed by atoms with Crippen molar-refractivity contribution in [1.82, 2.24) is 0 Å². The van der Waals surface area contributed by atoms with Crippen molar-refractivity contribution >= 4 is 0 Å². The lowest BCUT2D eigenvalue weighted by atomic mass is 9.87. The fourth-order valence-electron chi connectivity index (χ4n) is 2.76. The maximum Gasteiger partial charge on any atom is 0.122 e. The van der Waals surface area contributed by atoms with Gasteiger partial charge in [0.25, 0.3) is 0 Å². The number of hydrogen-bond acceptors (Lipinski definition) is 0. The SMILES string of the molecule is C=C(/C=C\C(=C/C)C(C)F)/C(C)=C(\CC/C(C)=C/C=C(C)C)C(C)CC. The predicted molar refractivity (Wildman–Crippen MR) is 117 cm³/mol. The largest absolute Gasteiger partial charge is 0.243 e. The van der Waals surface area contributed by atoms with Gasteiger partial charge in [-0.3, -0.25) is 0 Å². The van der Waals surface area contributed by atoms with Gasteiger partial charge >= 0.3 is 0 Å². The molecule has 0 saturated carbocycles. The molecule has 0 aromatic carbocycles. The van der Waals surface area contributed by atoms with Gasteiger partial charge in [-0.05, 0) is 83.4 Å². The van der Waals surface area contributed by atoms with Crippen molar-refractivity contribution in [2.45, 2.75) is 80.8 Å². The summed E-state index contributed by atoms with van der Waals surface area (Å²) < 4.78 is 13.5. The Balaban J connectivity index is 5.42. The third-order valence-corrected chi connectivity index (χ3v) is 4.93. The van der Waals surface area contributed by atoms with E-state index in [9.17, 15) is 4.39 Å². The van der Waals surface area contributed by atoms with E-state index >= 15 is 0 Å². The van der Waals surface area contributed by atoms with E-state index in [4.69, 9.17) is 0 Å². The van der Waals surface area contributed by atoms with E-state index in [2.05, 4.69) is 60.3 Å². The number of alkyl halides is 1. The van der Waals surface area contributed by atoms with Crippen LogP contribution in [-0.4, -0.2) is 6.17 Å². The van der Waals surface area contributed by atoms with E-state index in [1.165, 1.54) is 22.3 Å². The maximum absolute atomic E-state index is 13.5. The van der Waals surface area contributed by atoms with Gasteiger partial charge in [-0.15, -0.1) is 0 Å². The lowest BCUT2D eigenvalue weighted by Crippen LogP contribution is -2.03. The van der Waals surface area contributed by atoms with Crippen LogP contribution in [0.2, 0.25) is 0 Å². The van der Waals surface area contributed by atoms with E-state index in [-0.39, 0.29) is 0 Å². The zero-order valence-electron chi connectivity index (χ0n) is 18.2. The van der Waals surface area contributed by atoms with Crippen molar-refractivity contribution in [2.75, 3.05) is 0 Å². The molecule has 0 aromatic heterocycles. The molecule has 0 N–H and O–H groups in total. The molecule has 2 atom stereocenters. The molecule has 0 bridgehead atoms. The predicted octanol–water partition coefficient (Wildman–Crippen LogP) is 8.46. The molecule has 1 heteroatoms. The summed E-state index contributed by atoms with van der Waals surface area (Å²) in [4.78, 5) is 0. The van der Waals surface area contributed by atoms with Crippen LogP contribution in [0.1, 0.15) is 74.7 Å². The Morgan fingerprint density at radius 3 is 2.08 bits per heavy atom. The monoisotopic (exact) mass is 358 g/mol. The first-order chi connectivity index (χ1) is 12.1. The van der Waals surface area contributed by atoms with Gasteiger partial charge < -0.3 is 0 Å². The smallest absolute Gasteiger partial charge is 0.122 e. The second-order valence-corrected chi connectivity index (χ2v) is 7.48. The van der Waals surface area contributed by atoms with Crippen molar-refractivity contribution in [1.29, 1.82) is 0 Å². The molecule has 2 unspecified atom stereocenters. The molecular formula is C25H39F. The quantitative estimate of drug-likeness (QED) is 0.343. The summed E-state index contributed by atoms with van der Waals surface area (Å²) in [5.74, 6) is 0.526. The molecule has 0 fully saturated rings. The zero-order chi connectivity index (χ0) is 20.3. The molecule has 26 heavy (non-hydrogen) atoms. The minimum Gasteiger partial charge on any atom is -0.243 e. The third kappa shape index (κ3) is 9.17. The molecule has 0 nitrogen and oxygen atoms in total. The summed E-state index contributed by atoms with van der Waals surface area (Å²) in [5, 5.41) is 0. The molecule has 0 aliphatic heterocycles. The van der Waals surface area contributed by atoms with Crippen LogP contribution in [0, 0.1) is 5.92 Å². The zero-order valence-corrected chi connectivity index (χ0v) is 18.2. The molecular weight excluding hydrogens is 319 g/mol. The standard InChI is InChI=1S/C25H39F/c1-10-20(6)25(17-14-19(5)13-12-18(3)4)22(8)21(7)15-16-24(11-2)23(9)26/h11-13,15-16,20,23H,7,10,14,17H2,1-6,8-9H3/b16-15-,19-13+,24-11+,25-22+. The normalized spacial score (nSPS) is 16.3. The summed E-state index contributed by atoms with van der Waals surface area (Å²) in [6.07, 6.45) is 12.3. The van der Waals surface area contributed by atoms with Crippen LogP contribution < -0.4 is 0 Å². The Hall–Kier alpha value is -1.63. The topological polar surface area (TPSA) is 0 Å². The van der Waals surface area contributed by atoms with Crippen LogP contribution in [0.3, 0.4) is 0 Å². The van der Waals surface area contributed by atoms with Crippen LogP contribution >= 0.6 is 0 Å². The number of hydrogen-bond donors (Lipinski definition) is 0. The molecule has 146 valence electrons. The summed E-state index contributed by atoms with van der Waals surface area (Å²) in [6.45, 7) is 20.7. The van der Waals surface area contributed by atoms with Crippen molar-refractivity contribution in [3.8, 4) is 0 Å². The van der Waals surface area contributed by atoms with Crippen LogP contribution in [0.5, 0.6) is 0 Å². The summed E-state index contributed by atoms with van der Waals surface area (Å²) in [5.41, 5.74) is 7.09. The van der Waals surface area contributed by atoms with Crippen LogP contribution in [0.4, 0.5) is 4.39 Å². The first-order valence-corrected chi connectivity index (χ1v) is 9.81. The van der Waals surface area contributed by atoms with Gasteiger partial charge in [-0.1, -0.05) is 67.5 Å². The highest BCUT2D eigenvalue weighted by Crippen LogP contribution is 2.28. The van der Waals surface area contributed by atoms with E-state index in [0.717, 1.165) is 24.8 Å². The van der Waals surface area contributed by atoms with Gasteiger partial charge in [0, 0.05) is 0 Å². The summed E-state index contributed by atoms with van der Waals surface area (Å²) in [7, 11) is 0. The highest BCUT2D eigenvalue weighted by molar-refractivity contribution is 5.42. The molecule has 0 heterocycles. The molecule has 0 rings (SSSR count). The van der Waals surface area contributed by atoms with Gasteiger partial charge in [0.15, 0.2) is 0 Å². The average Bonchev–Trinajstić information content (AvgIpc) is 2.59. The van der Waals surface area contributed by atoms with E-state index < -0.39 is 6.17 Å². The van der Waals surface area contributed by atoms with Gasteiger partial charge in [-0.25, -0.2) is 4.39 Å². The Labute approximate surface area is 162 Å². The Kier molecular flexibility index (Phi) is 11.9. The summed E-state index contributed by atoms with van der Waals surface area (Å²) >= 11 is 0. The van der Waals surface area contributed by atoms with Gasteiger partial charge in [-0.2, -0.15) is 0 Å². The van der Waals surface area contributed by atoms with E-state index in [1.807, 2.05) is 25.2 Å². The van der Waals surface area contributed by atoms with Crippen molar-refractivity contribution in [3.05, 3.63) is 70.4 Å². The molecule has 0 aliphatic carbocycles. The molecule has 0 aliphatic rings. The first-order valence-electron chi connectivity index (χ1n) is 9.81. The van der Waals surface area contributed by atoms with Crippen molar-refractivity contribution in [3.63, 3.8) is 0 Å². The van der Waals surface area contributed by atoms with Crippen LogP contribution in [0.15, 0.2) is 70.4 Å². The van der Waals surface area contributed by atoms with Crippen LogP contribution in [-0.2, 0) is 0 Å². The first kappa shape index (κ1) is 24.4. The van der Waals surface area contributed by atoms with E-state index in [1.54, 1.807) is 6.92 Å². The highest BCUT2D eigenvalue weighted by atomic mass is 19.1.